The third kappa shape index (κ3) is 3.97. The zero-order valence-corrected chi connectivity index (χ0v) is 23.2. The number of carbonyl (C=O) groups excluding carboxylic acids is 3. The third-order valence-electron chi connectivity index (χ3n) is 9.61. The van der Waals surface area contributed by atoms with E-state index in [0.717, 1.165) is 0 Å². The summed E-state index contributed by atoms with van der Waals surface area (Å²) in [4.78, 5) is 41.2. The van der Waals surface area contributed by atoms with E-state index in [1.807, 2.05) is 4.90 Å². The van der Waals surface area contributed by atoms with Crippen LogP contribution in [0.15, 0.2) is 16.9 Å². The summed E-state index contributed by atoms with van der Waals surface area (Å²) in [6, 6.07) is -1.89. The Bertz CT molecular complexity index is 1540. The van der Waals surface area contributed by atoms with Gasteiger partial charge in [-0.3, -0.25) is 19.3 Å². The van der Waals surface area contributed by atoms with Crippen LogP contribution in [-0.4, -0.2) is 87.5 Å². The number of halogens is 3. The van der Waals surface area contributed by atoms with E-state index in [1.165, 1.54) is 0 Å². The Morgan fingerprint density at radius 3 is 2.58 bits per heavy atom. The molecule has 1 amide bonds. The van der Waals surface area contributed by atoms with Crippen LogP contribution < -0.4 is 21.1 Å². The number of alkyl halides is 3. The number of hydrogen-bond acceptors (Lipinski definition) is 11. The summed E-state index contributed by atoms with van der Waals surface area (Å²) < 4.78 is 46.4. The molecule has 1 saturated heterocycles. The summed E-state index contributed by atoms with van der Waals surface area (Å²) in [5, 5.41) is 51.3. The van der Waals surface area contributed by atoms with Crippen LogP contribution in [-0.2, 0) is 20.8 Å². The van der Waals surface area contributed by atoms with Crippen molar-refractivity contribution in [2.75, 3.05) is 32.0 Å². The molecule has 8 N–H and O–H groups in total. The van der Waals surface area contributed by atoms with Gasteiger partial charge >= 0.3 is 6.36 Å². The number of primary amides is 1. The highest BCUT2D eigenvalue weighted by atomic mass is 19.4. The number of nitrogens with zero attached hydrogens (tertiary/aromatic N) is 1. The highest BCUT2D eigenvalue weighted by Crippen LogP contribution is 2.59. The largest absolute Gasteiger partial charge is 0.573 e. The first kappa shape index (κ1) is 29.3. The number of fused-ring (bicyclic) bond motifs is 6. The summed E-state index contributed by atoms with van der Waals surface area (Å²) in [6.45, 7) is 2.70. The molecular formula is C28H31F3N4O8. The molecule has 2 fully saturated rings. The quantitative estimate of drug-likeness (QED) is 0.193. The van der Waals surface area contributed by atoms with Gasteiger partial charge in [-0.1, -0.05) is 6.92 Å². The first-order chi connectivity index (χ1) is 20.1. The molecule has 1 aromatic rings. The van der Waals surface area contributed by atoms with Crippen LogP contribution in [0.4, 0.5) is 18.9 Å². The average Bonchev–Trinajstić information content (AvgIpc) is 3.30. The lowest BCUT2D eigenvalue weighted by molar-refractivity contribution is -0.275. The molecule has 0 radical (unpaired) electrons. The van der Waals surface area contributed by atoms with E-state index in [2.05, 4.69) is 15.4 Å². The number of anilines is 1. The number of likely N-dealkylation sites (tertiary alicyclic amines) is 1. The highest BCUT2D eigenvalue weighted by molar-refractivity contribution is 6.24. The van der Waals surface area contributed by atoms with Gasteiger partial charge in [0.2, 0.25) is 5.78 Å². The van der Waals surface area contributed by atoms with Gasteiger partial charge in [-0.2, -0.15) is 0 Å². The topological polar surface area (TPSA) is 195 Å². The Morgan fingerprint density at radius 2 is 1.95 bits per heavy atom. The number of nitrogens with two attached hydrogens (primary N) is 1. The number of nitrogens with one attached hydrogen (secondary N) is 2. The molecule has 0 bridgehead atoms. The van der Waals surface area contributed by atoms with E-state index in [1.54, 1.807) is 14.0 Å². The number of rotatable bonds is 4. The number of aliphatic hydroxyl groups excluding tert-OH is 2. The lowest BCUT2D eigenvalue weighted by Crippen LogP contribution is -2.66. The number of ether oxygens (including phenoxy) is 1. The first-order valence-electron chi connectivity index (χ1n) is 14.0. The second kappa shape index (κ2) is 9.59. The predicted octanol–water partition coefficient (Wildman–Crippen LogP) is 1.33. The number of aliphatic hydroxyl groups is 3. The van der Waals surface area contributed by atoms with Gasteiger partial charge < -0.3 is 41.5 Å². The Kier molecular flexibility index (Phi) is 6.53. The van der Waals surface area contributed by atoms with Crippen molar-refractivity contribution < 1.29 is 52.7 Å². The minimum Gasteiger partial charge on any atom is -0.508 e. The number of amides is 1. The number of carbonyl (C=O) groups is 3. The summed E-state index contributed by atoms with van der Waals surface area (Å²) in [7, 11) is 1.76. The molecule has 5 aliphatic rings. The molecule has 1 aromatic carbocycles. The fourth-order valence-electron chi connectivity index (χ4n) is 7.88. The molecule has 12 nitrogen and oxygen atoms in total. The predicted molar refractivity (Wildman–Crippen MR) is 143 cm³/mol. The maximum atomic E-state index is 14.0. The van der Waals surface area contributed by atoms with Gasteiger partial charge in [-0.25, -0.2) is 0 Å². The number of ketones is 2. The van der Waals surface area contributed by atoms with Crippen molar-refractivity contribution in [1.82, 2.24) is 10.2 Å². The van der Waals surface area contributed by atoms with Gasteiger partial charge in [0.25, 0.3) is 5.91 Å². The number of hydrogen-bond donors (Lipinski definition) is 7. The molecule has 15 heteroatoms. The fourth-order valence-corrected chi connectivity index (χ4v) is 7.88. The standard InChI is InChI=1S/C28H31F3N4O8/c1-3-33-17-12-7-10-6-11-14(20(36)13(10)24(39)27(12,42)25(40)16(22(17)38)26(32)41)21(37)18-15(23(11)43-28(29,30)31)19-9(8-34-18)4-5-35(19)2/h9-10,12,17,19,33-34,36-37,40,42H,3-8H2,1-2H3,(H2,32,41)/t9?,10-,12-,17-,19?,27-/m0/s1. The average molecular weight is 609 g/mol. The summed E-state index contributed by atoms with van der Waals surface area (Å²) in [5.41, 5.74) is 0.374. The molecule has 43 heavy (non-hydrogen) atoms. The van der Waals surface area contributed by atoms with Gasteiger partial charge in [0.1, 0.15) is 22.8 Å². The zero-order chi connectivity index (χ0) is 31.3. The Hall–Kier alpha value is -3.82. The summed E-state index contributed by atoms with van der Waals surface area (Å²) >= 11 is 0. The van der Waals surface area contributed by atoms with Gasteiger partial charge in [-0.15, -0.1) is 13.2 Å². The molecule has 6 rings (SSSR count). The number of benzene rings is 1. The minimum absolute atomic E-state index is 0.0762. The van der Waals surface area contributed by atoms with Crippen molar-refractivity contribution in [3.05, 3.63) is 33.6 Å². The third-order valence-corrected chi connectivity index (χ3v) is 9.61. The van der Waals surface area contributed by atoms with E-state index in [9.17, 15) is 48.0 Å². The molecule has 232 valence electrons. The normalized spacial score (nSPS) is 32.0. The van der Waals surface area contributed by atoms with Crippen LogP contribution in [0.3, 0.4) is 0 Å². The van der Waals surface area contributed by atoms with Crippen molar-refractivity contribution in [3.8, 4) is 11.5 Å². The number of phenolic OH excluding ortho intramolecular Hbond substituents is 1. The summed E-state index contributed by atoms with van der Waals surface area (Å²) in [6.07, 6.45) is -5.05. The van der Waals surface area contributed by atoms with Crippen LogP contribution in [0.5, 0.6) is 11.5 Å². The van der Waals surface area contributed by atoms with Crippen molar-refractivity contribution in [2.45, 2.75) is 50.2 Å². The molecule has 1 saturated carbocycles. The van der Waals surface area contributed by atoms with Crippen LogP contribution in [0.2, 0.25) is 0 Å². The molecule has 2 heterocycles. The van der Waals surface area contributed by atoms with E-state index in [4.69, 9.17) is 5.73 Å². The van der Waals surface area contributed by atoms with E-state index < -0.39 is 93.1 Å². The van der Waals surface area contributed by atoms with Crippen LogP contribution in [0.1, 0.15) is 42.5 Å². The van der Waals surface area contributed by atoms with Crippen molar-refractivity contribution in [1.29, 1.82) is 0 Å². The van der Waals surface area contributed by atoms with Crippen molar-refractivity contribution in [2.24, 2.45) is 23.5 Å². The SMILES string of the molecule is CCN[C@@H]1C(=O)C(C(N)=O)=C(O)[C@@]2(O)C(=O)C3=C(O)c4c(O)c5c(c(OC(F)(F)F)c4C[C@H]3C[C@@H]12)C1C(CCN1C)CN5. The van der Waals surface area contributed by atoms with E-state index in [-0.39, 0.29) is 42.1 Å². The second-order valence-electron chi connectivity index (χ2n) is 11.8. The number of phenols is 1. The van der Waals surface area contributed by atoms with Crippen molar-refractivity contribution in [3.63, 3.8) is 0 Å². The van der Waals surface area contributed by atoms with Gasteiger partial charge in [0.05, 0.1) is 17.3 Å². The van der Waals surface area contributed by atoms with Gasteiger partial charge in [0.15, 0.2) is 17.1 Å². The van der Waals surface area contributed by atoms with Crippen LogP contribution >= 0.6 is 0 Å². The van der Waals surface area contributed by atoms with Crippen LogP contribution in [0, 0.1) is 17.8 Å². The number of aromatic hydroxyl groups is 1. The molecule has 2 unspecified atom stereocenters. The monoisotopic (exact) mass is 608 g/mol. The van der Waals surface area contributed by atoms with E-state index >= 15 is 0 Å². The van der Waals surface area contributed by atoms with Crippen LogP contribution in [0.25, 0.3) is 5.76 Å². The Morgan fingerprint density at radius 1 is 1.26 bits per heavy atom. The molecule has 0 spiro atoms. The van der Waals surface area contributed by atoms with Crippen molar-refractivity contribution >= 4 is 28.9 Å². The molecule has 3 aliphatic carbocycles. The zero-order valence-electron chi connectivity index (χ0n) is 23.2. The maximum absolute atomic E-state index is 14.0. The Balaban J connectivity index is 1.60. The summed E-state index contributed by atoms with van der Waals surface area (Å²) in [5.74, 6) is -9.43. The maximum Gasteiger partial charge on any atom is 0.573 e. The molecule has 2 aliphatic heterocycles. The second-order valence-corrected chi connectivity index (χ2v) is 11.8. The lowest BCUT2D eigenvalue weighted by Gasteiger charge is -2.49. The van der Waals surface area contributed by atoms with E-state index in [0.29, 0.717) is 19.5 Å². The first-order valence-corrected chi connectivity index (χ1v) is 14.0. The molecule has 6 atom stereocenters. The molecular weight excluding hydrogens is 577 g/mol. The lowest BCUT2D eigenvalue weighted by atomic mass is 9.57. The highest BCUT2D eigenvalue weighted by Gasteiger charge is 2.64. The van der Waals surface area contributed by atoms with Gasteiger partial charge in [0, 0.05) is 35.2 Å². The molecule has 0 aromatic heterocycles. The smallest absolute Gasteiger partial charge is 0.508 e. The minimum atomic E-state index is -5.14. The number of Topliss-reactive ketones (excluding diaryl/α,β-unsaturated/α-hetero) is 2. The van der Waals surface area contributed by atoms with Gasteiger partial charge in [-0.05, 0) is 51.2 Å². The Labute approximate surface area is 243 Å². The fraction of sp³-hybridized carbons (Fsp3) is 0.536. The number of likely N-dealkylation sites (N-methyl/N-ethyl adjacent to an activating group) is 1.